The zero-order valence-corrected chi connectivity index (χ0v) is 7.80. The number of aromatic nitrogens is 2. The minimum absolute atomic E-state index is 0.568. The molecule has 2 heterocycles. The summed E-state index contributed by atoms with van der Waals surface area (Å²) in [5.74, 6) is 0.681. The Morgan fingerprint density at radius 2 is 2.50 bits per heavy atom. The van der Waals surface area contributed by atoms with Crippen molar-refractivity contribution in [3.63, 3.8) is 0 Å². The van der Waals surface area contributed by atoms with Gasteiger partial charge in [0.25, 0.3) is 0 Å². The summed E-state index contributed by atoms with van der Waals surface area (Å²) in [7, 11) is 0. The monoisotopic (exact) mass is 190 g/mol. The smallest absolute Gasteiger partial charge is 0.168 e. The van der Waals surface area contributed by atoms with E-state index >= 15 is 0 Å². The number of aldehydes is 1. The van der Waals surface area contributed by atoms with Crippen LogP contribution in [-0.2, 0) is 6.54 Å². The van der Waals surface area contributed by atoms with Gasteiger partial charge in [-0.05, 0) is 25.1 Å². The van der Waals surface area contributed by atoms with Crippen LogP contribution in [0.2, 0.25) is 0 Å². The lowest BCUT2D eigenvalue weighted by Gasteiger charge is -1.94. The van der Waals surface area contributed by atoms with Crippen molar-refractivity contribution in [1.82, 2.24) is 9.78 Å². The summed E-state index contributed by atoms with van der Waals surface area (Å²) in [6.45, 7) is 2.61. The molecule has 2 aromatic rings. The number of aryl methyl sites for hydroxylation is 1. The summed E-state index contributed by atoms with van der Waals surface area (Å²) in [4.78, 5) is 10.7. The molecular formula is C10H10N2O2. The second-order valence-corrected chi connectivity index (χ2v) is 2.87. The molecule has 0 aliphatic heterocycles. The maximum Gasteiger partial charge on any atom is 0.168 e. The van der Waals surface area contributed by atoms with Gasteiger partial charge in [-0.3, -0.25) is 9.48 Å². The molecule has 0 bridgehead atoms. The average molecular weight is 190 g/mol. The molecular weight excluding hydrogens is 180 g/mol. The van der Waals surface area contributed by atoms with Crippen molar-refractivity contribution in [2.45, 2.75) is 13.5 Å². The van der Waals surface area contributed by atoms with E-state index in [1.165, 1.54) is 0 Å². The Morgan fingerprint density at radius 1 is 1.64 bits per heavy atom. The molecule has 4 nitrogen and oxygen atoms in total. The summed E-state index contributed by atoms with van der Waals surface area (Å²) in [6.07, 6.45) is 2.38. The lowest BCUT2D eigenvalue weighted by atomic mass is 10.3. The minimum atomic E-state index is 0.568. The fraction of sp³-hybridized carbons (Fsp3) is 0.200. The summed E-state index contributed by atoms with van der Waals surface area (Å²) < 4.78 is 6.83. The van der Waals surface area contributed by atoms with E-state index in [0.29, 0.717) is 23.7 Å². The maximum atomic E-state index is 10.7. The van der Waals surface area contributed by atoms with Crippen molar-refractivity contribution in [3.05, 3.63) is 30.2 Å². The predicted octanol–water partition coefficient (Wildman–Crippen LogP) is 1.98. The molecule has 14 heavy (non-hydrogen) atoms. The van der Waals surface area contributed by atoms with Crippen LogP contribution in [0.15, 0.2) is 28.9 Å². The highest BCUT2D eigenvalue weighted by Crippen LogP contribution is 2.18. The molecule has 0 aromatic carbocycles. The molecule has 2 rings (SSSR count). The highest BCUT2D eigenvalue weighted by atomic mass is 16.3. The van der Waals surface area contributed by atoms with Crippen LogP contribution in [0.3, 0.4) is 0 Å². The van der Waals surface area contributed by atoms with Crippen molar-refractivity contribution in [3.8, 4) is 11.5 Å². The number of carbonyl (C=O) groups excluding carboxylic acids is 1. The molecule has 0 aliphatic carbocycles. The van der Waals surface area contributed by atoms with E-state index in [1.54, 1.807) is 23.1 Å². The first-order valence-corrected chi connectivity index (χ1v) is 4.42. The van der Waals surface area contributed by atoms with Gasteiger partial charge in [-0.25, -0.2) is 0 Å². The fourth-order valence-corrected chi connectivity index (χ4v) is 1.32. The Morgan fingerprint density at radius 3 is 3.00 bits per heavy atom. The summed E-state index contributed by atoms with van der Waals surface area (Å²) in [5, 5.41) is 4.23. The topological polar surface area (TPSA) is 48.0 Å². The molecule has 0 amide bonds. The highest BCUT2D eigenvalue weighted by Gasteiger charge is 2.09. The van der Waals surface area contributed by atoms with E-state index in [4.69, 9.17) is 4.42 Å². The number of hydrogen-bond donors (Lipinski definition) is 0. The Bertz CT molecular complexity index is 429. The summed E-state index contributed by atoms with van der Waals surface area (Å²) >= 11 is 0. The van der Waals surface area contributed by atoms with Gasteiger partial charge < -0.3 is 4.42 Å². The van der Waals surface area contributed by atoms with Crippen molar-refractivity contribution in [2.24, 2.45) is 0 Å². The van der Waals surface area contributed by atoms with Gasteiger partial charge in [0.15, 0.2) is 12.0 Å². The zero-order valence-electron chi connectivity index (χ0n) is 7.80. The normalized spacial score (nSPS) is 10.4. The summed E-state index contributed by atoms with van der Waals surface area (Å²) in [6, 6.07) is 5.33. The van der Waals surface area contributed by atoms with Gasteiger partial charge in [0.05, 0.1) is 6.26 Å². The van der Waals surface area contributed by atoms with E-state index in [2.05, 4.69) is 5.10 Å². The third-order valence-electron chi connectivity index (χ3n) is 2.01. The van der Waals surface area contributed by atoms with Crippen molar-refractivity contribution in [1.29, 1.82) is 0 Å². The number of carbonyl (C=O) groups is 1. The molecule has 0 N–H and O–H groups in total. The van der Waals surface area contributed by atoms with Crippen LogP contribution in [0.25, 0.3) is 11.5 Å². The van der Waals surface area contributed by atoms with Gasteiger partial charge in [0.1, 0.15) is 11.4 Å². The molecule has 0 fully saturated rings. The second kappa shape index (κ2) is 3.49. The highest BCUT2D eigenvalue weighted by molar-refractivity contribution is 5.74. The third kappa shape index (κ3) is 1.35. The molecule has 0 radical (unpaired) electrons. The van der Waals surface area contributed by atoms with Crippen LogP contribution in [0.1, 0.15) is 17.4 Å². The van der Waals surface area contributed by atoms with Gasteiger partial charge in [0, 0.05) is 6.54 Å². The lowest BCUT2D eigenvalue weighted by molar-refractivity contribution is 0.111. The zero-order chi connectivity index (χ0) is 9.97. The van der Waals surface area contributed by atoms with E-state index in [1.807, 2.05) is 13.0 Å². The Balaban J connectivity index is 2.46. The second-order valence-electron chi connectivity index (χ2n) is 2.87. The van der Waals surface area contributed by atoms with Gasteiger partial charge in [-0.1, -0.05) is 0 Å². The maximum absolute atomic E-state index is 10.7. The Kier molecular flexibility index (Phi) is 2.18. The van der Waals surface area contributed by atoms with Crippen LogP contribution < -0.4 is 0 Å². The largest absolute Gasteiger partial charge is 0.463 e. The molecule has 0 saturated heterocycles. The van der Waals surface area contributed by atoms with Gasteiger partial charge in [0.2, 0.25) is 0 Å². The molecule has 0 saturated carbocycles. The van der Waals surface area contributed by atoms with Gasteiger partial charge >= 0.3 is 0 Å². The molecule has 72 valence electrons. The average Bonchev–Trinajstić information content (AvgIpc) is 2.85. The first-order valence-electron chi connectivity index (χ1n) is 4.42. The van der Waals surface area contributed by atoms with Gasteiger partial charge in [-0.15, -0.1) is 0 Å². The first kappa shape index (κ1) is 8.74. The van der Waals surface area contributed by atoms with E-state index < -0.39 is 0 Å². The molecule has 0 atom stereocenters. The van der Waals surface area contributed by atoms with Crippen LogP contribution in [0.4, 0.5) is 0 Å². The quantitative estimate of drug-likeness (QED) is 0.695. The van der Waals surface area contributed by atoms with Crippen molar-refractivity contribution in [2.75, 3.05) is 0 Å². The van der Waals surface area contributed by atoms with Crippen LogP contribution in [0.5, 0.6) is 0 Å². The standard InChI is InChI=1S/C10H10N2O2/c1-2-12-8(7-13)6-9(11-12)10-4-3-5-14-10/h3-7H,2H2,1H3. The third-order valence-corrected chi connectivity index (χ3v) is 2.01. The van der Waals surface area contributed by atoms with E-state index in [0.717, 1.165) is 6.29 Å². The molecule has 0 unspecified atom stereocenters. The molecule has 0 aliphatic rings. The number of furan rings is 1. The van der Waals surface area contributed by atoms with E-state index in [-0.39, 0.29) is 0 Å². The van der Waals surface area contributed by atoms with E-state index in [9.17, 15) is 4.79 Å². The number of rotatable bonds is 3. The SMILES string of the molecule is CCn1nc(-c2ccco2)cc1C=O. The van der Waals surface area contributed by atoms with Crippen LogP contribution >= 0.6 is 0 Å². The predicted molar refractivity (Wildman–Crippen MR) is 51.0 cm³/mol. The fourth-order valence-electron chi connectivity index (χ4n) is 1.32. The number of nitrogens with zero attached hydrogens (tertiary/aromatic N) is 2. The minimum Gasteiger partial charge on any atom is -0.463 e. The molecule has 2 aromatic heterocycles. The van der Waals surface area contributed by atoms with Gasteiger partial charge in [-0.2, -0.15) is 5.10 Å². The Labute approximate surface area is 81.1 Å². The van der Waals surface area contributed by atoms with Crippen LogP contribution in [0, 0.1) is 0 Å². The summed E-state index contributed by atoms with van der Waals surface area (Å²) in [5.41, 5.74) is 1.26. The lowest BCUT2D eigenvalue weighted by Crippen LogP contribution is -2.00. The number of hydrogen-bond acceptors (Lipinski definition) is 3. The molecule has 0 spiro atoms. The van der Waals surface area contributed by atoms with Crippen molar-refractivity contribution >= 4 is 6.29 Å². The first-order chi connectivity index (χ1) is 6.85. The molecule has 4 heteroatoms. The van der Waals surface area contributed by atoms with Crippen molar-refractivity contribution < 1.29 is 9.21 Å². The van der Waals surface area contributed by atoms with Crippen LogP contribution in [-0.4, -0.2) is 16.1 Å². The Hall–Kier alpha value is -1.84.